The van der Waals surface area contributed by atoms with Crippen molar-refractivity contribution in [1.29, 1.82) is 0 Å². The predicted octanol–water partition coefficient (Wildman–Crippen LogP) is 1.14. The van der Waals surface area contributed by atoms with Crippen molar-refractivity contribution in [3.63, 3.8) is 0 Å². The van der Waals surface area contributed by atoms with Crippen molar-refractivity contribution in [2.75, 3.05) is 0 Å². The molecule has 0 aliphatic heterocycles. The van der Waals surface area contributed by atoms with Gasteiger partial charge in [0.1, 0.15) is 23.0 Å². The van der Waals surface area contributed by atoms with Crippen LogP contribution in [0.2, 0.25) is 0 Å². The molecule has 0 radical (unpaired) electrons. The molecule has 0 spiro atoms. The van der Waals surface area contributed by atoms with Crippen LogP contribution in [0.15, 0.2) is 29.4 Å². The molecule has 0 fully saturated rings. The summed E-state index contributed by atoms with van der Waals surface area (Å²) in [6.45, 7) is 0. The number of hydrogen-bond donors (Lipinski definition) is 0. The van der Waals surface area contributed by atoms with Crippen LogP contribution >= 0.6 is 23.0 Å². The van der Waals surface area contributed by atoms with Gasteiger partial charge in [0, 0.05) is 6.20 Å². The summed E-state index contributed by atoms with van der Waals surface area (Å²) in [5.74, 6) is 0. The van der Waals surface area contributed by atoms with Crippen LogP contribution < -0.4 is 0 Å². The van der Waals surface area contributed by atoms with Gasteiger partial charge in [0.15, 0.2) is 5.03 Å². The summed E-state index contributed by atoms with van der Waals surface area (Å²) in [6.07, 6.45) is 1.39. The molecule has 0 bridgehead atoms. The highest BCUT2D eigenvalue weighted by Crippen LogP contribution is 2.10. The van der Waals surface area contributed by atoms with Crippen molar-refractivity contribution < 1.29 is 10.9 Å². The summed E-state index contributed by atoms with van der Waals surface area (Å²) in [6, 6.07) is 4.58. The predicted molar refractivity (Wildman–Crippen MR) is 46.5 cm³/mol. The topological polar surface area (TPSA) is 56.3 Å². The van der Waals surface area contributed by atoms with E-state index in [1.165, 1.54) is 35.3 Å². The lowest BCUT2D eigenvalue weighted by Crippen LogP contribution is -2.01. The summed E-state index contributed by atoms with van der Waals surface area (Å²) >= 11 is 1.31. The average molecular weight is 285 g/mol. The Morgan fingerprint density at radius 2 is 2.18 bits per heavy atom. The number of rotatable bonds is 2. The van der Waals surface area contributed by atoms with Gasteiger partial charge < -0.3 is 0 Å². The highest BCUT2D eigenvalue weighted by molar-refractivity contribution is 14.1. The van der Waals surface area contributed by atoms with E-state index in [9.17, 15) is 8.42 Å². The molecule has 0 unspecified atom stereocenters. The third kappa shape index (κ3) is 2.11. The monoisotopic (exact) mass is 285 g/mol. The summed E-state index contributed by atoms with van der Waals surface area (Å²) in [5, 5.41) is -0.0746. The third-order valence-electron chi connectivity index (χ3n) is 0.977. The molecule has 60 valence electrons. The van der Waals surface area contributed by atoms with E-state index in [0.29, 0.717) is 0 Å². The van der Waals surface area contributed by atoms with Crippen molar-refractivity contribution in [1.82, 2.24) is 4.98 Å². The first-order valence-electron chi connectivity index (χ1n) is 2.63. The molecule has 1 aromatic rings. The van der Waals surface area contributed by atoms with Crippen LogP contribution in [0.4, 0.5) is 0 Å². The standard InChI is InChI=1S/C5H4INO3S/c6-10-11(8,9)5-3-1-2-4-7-5/h1-4H. The number of aromatic nitrogens is 1. The SMILES string of the molecule is O=S(=O)(OI)c1ccccn1. The van der Waals surface area contributed by atoms with Crippen LogP contribution in [0, 0.1) is 0 Å². The summed E-state index contributed by atoms with van der Waals surface area (Å²) in [4.78, 5) is 3.60. The Labute approximate surface area is 78.4 Å². The Hall–Kier alpha value is -0.210. The molecule has 1 rings (SSSR count). The fraction of sp³-hybridized carbons (Fsp3) is 0. The Balaban J connectivity index is 3.14. The van der Waals surface area contributed by atoms with Gasteiger partial charge in [-0.25, -0.2) is 4.98 Å². The van der Waals surface area contributed by atoms with Crippen LogP contribution in [-0.2, 0) is 12.6 Å². The maximum absolute atomic E-state index is 10.9. The molecular weight excluding hydrogens is 281 g/mol. The molecule has 0 atom stereocenters. The fourth-order valence-corrected chi connectivity index (χ4v) is 1.58. The number of nitrogens with zero attached hydrogens (tertiary/aromatic N) is 1. The molecule has 1 heterocycles. The minimum absolute atomic E-state index is 0.0746. The van der Waals surface area contributed by atoms with Gasteiger partial charge in [-0.05, 0) is 12.1 Å². The zero-order chi connectivity index (χ0) is 8.32. The van der Waals surface area contributed by atoms with E-state index < -0.39 is 10.1 Å². The maximum Gasteiger partial charge on any atom is 0.323 e. The molecule has 0 saturated carbocycles. The fourth-order valence-electron chi connectivity index (χ4n) is 0.527. The van der Waals surface area contributed by atoms with Crippen LogP contribution in [0.3, 0.4) is 0 Å². The zero-order valence-electron chi connectivity index (χ0n) is 5.27. The first kappa shape index (κ1) is 8.88. The Morgan fingerprint density at radius 1 is 1.45 bits per heavy atom. The average Bonchev–Trinajstić information content (AvgIpc) is 2.06. The van der Waals surface area contributed by atoms with Crippen molar-refractivity contribution in [2.45, 2.75) is 5.03 Å². The van der Waals surface area contributed by atoms with Crippen LogP contribution in [0.1, 0.15) is 0 Å². The van der Waals surface area contributed by atoms with E-state index >= 15 is 0 Å². The van der Waals surface area contributed by atoms with E-state index in [4.69, 9.17) is 0 Å². The Bertz CT molecular complexity index is 323. The van der Waals surface area contributed by atoms with E-state index in [1.54, 1.807) is 12.1 Å². The summed E-state index contributed by atoms with van der Waals surface area (Å²) in [7, 11) is -3.62. The highest BCUT2D eigenvalue weighted by atomic mass is 127. The molecule has 0 aliphatic carbocycles. The van der Waals surface area contributed by atoms with Crippen molar-refractivity contribution in [3.8, 4) is 0 Å². The molecule has 0 saturated heterocycles. The van der Waals surface area contributed by atoms with Gasteiger partial charge in [-0.3, -0.25) is 0 Å². The Kier molecular flexibility index (Phi) is 2.79. The van der Waals surface area contributed by atoms with Gasteiger partial charge in [-0.2, -0.15) is 10.9 Å². The first-order valence-corrected chi connectivity index (χ1v) is 4.92. The molecule has 0 aromatic carbocycles. The smallest absolute Gasteiger partial charge is 0.243 e. The van der Waals surface area contributed by atoms with Crippen LogP contribution in [0.25, 0.3) is 0 Å². The number of halogens is 1. The van der Waals surface area contributed by atoms with E-state index in [1.807, 2.05) is 0 Å². The normalized spacial score (nSPS) is 11.4. The van der Waals surface area contributed by atoms with E-state index in [2.05, 4.69) is 7.50 Å². The van der Waals surface area contributed by atoms with Gasteiger partial charge in [0.25, 0.3) is 0 Å². The second-order valence-corrected chi connectivity index (χ2v) is 4.22. The quantitative estimate of drug-likeness (QED) is 0.764. The largest absolute Gasteiger partial charge is 0.323 e. The van der Waals surface area contributed by atoms with Gasteiger partial charge in [0.05, 0.1) is 0 Å². The Morgan fingerprint density at radius 3 is 2.64 bits per heavy atom. The van der Waals surface area contributed by atoms with E-state index in [0.717, 1.165) is 0 Å². The van der Waals surface area contributed by atoms with Crippen molar-refractivity contribution in [2.24, 2.45) is 0 Å². The lowest BCUT2D eigenvalue weighted by Gasteiger charge is -1.95. The van der Waals surface area contributed by atoms with Crippen molar-refractivity contribution in [3.05, 3.63) is 24.4 Å². The third-order valence-corrected chi connectivity index (χ3v) is 3.32. The molecular formula is C5H4INO3S. The minimum Gasteiger partial charge on any atom is -0.243 e. The lowest BCUT2D eigenvalue weighted by atomic mass is 10.5. The van der Waals surface area contributed by atoms with Crippen LogP contribution in [0.5, 0.6) is 0 Å². The molecule has 0 N–H and O–H groups in total. The lowest BCUT2D eigenvalue weighted by molar-refractivity contribution is 0.532. The molecule has 11 heavy (non-hydrogen) atoms. The molecule has 4 nitrogen and oxygen atoms in total. The maximum atomic E-state index is 10.9. The molecule has 6 heteroatoms. The number of pyridine rings is 1. The van der Waals surface area contributed by atoms with Crippen molar-refractivity contribution >= 4 is 33.1 Å². The second kappa shape index (κ2) is 3.46. The molecule has 0 amide bonds. The zero-order valence-corrected chi connectivity index (χ0v) is 8.24. The minimum atomic E-state index is -3.62. The highest BCUT2D eigenvalue weighted by Gasteiger charge is 2.13. The summed E-state index contributed by atoms with van der Waals surface area (Å²) in [5.41, 5.74) is 0. The van der Waals surface area contributed by atoms with Gasteiger partial charge in [0.2, 0.25) is 0 Å². The number of hydrogen-bond acceptors (Lipinski definition) is 4. The van der Waals surface area contributed by atoms with Crippen LogP contribution in [-0.4, -0.2) is 13.4 Å². The van der Waals surface area contributed by atoms with Gasteiger partial charge in [-0.15, -0.1) is 0 Å². The first-order chi connectivity index (χ1) is 5.17. The van der Waals surface area contributed by atoms with Gasteiger partial charge >= 0.3 is 10.1 Å². The van der Waals surface area contributed by atoms with E-state index in [-0.39, 0.29) is 5.03 Å². The molecule has 1 aromatic heterocycles. The second-order valence-electron chi connectivity index (χ2n) is 1.69. The molecule has 0 aliphatic rings. The summed E-state index contributed by atoms with van der Waals surface area (Å²) < 4.78 is 26.0. The van der Waals surface area contributed by atoms with Gasteiger partial charge in [-0.1, -0.05) is 6.07 Å².